The van der Waals surface area contributed by atoms with Crippen molar-refractivity contribution >= 4 is 5.97 Å². The third-order valence-corrected chi connectivity index (χ3v) is 2.71. The Hall–Kier alpha value is -1.43. The molecule has 1 atom stereocenters. The number of hydrogen-bond acceptors (Lipinski definition) is 5. The maximum absolute atomic E-state index is 11.7. The smallest absolute Gasteiger partial charge is 0.323 e. The lowest BCUT2D eigenvalue weighted by atomic mass is 10.1. The fraction of sp³-hybridized carbons (Fsp3) is 0.533. The number of methoxy groups -OCH3 is 1. The third kappa shape index (κ3) is 7.23. The van der Waals surface area contributed by atoms with Crippen LogP contribution in [0.3, 0.4) is 0 Å². The van der Waals surface area contributed by atoms with Crippen LogP contribution in [0.25, 0.3) is 0 Å². The molecule has 0 aliphatic rings. The van der Waals surface area contributed by atoms with E-state index >= 15 is 0 Å². The molecule has 0 aliphatic carbocycles. The normalized spacial score (nSPS) is 12.1. The minimum absolute atomic E-state index is 0.230. The molecular weight excluding hydrogens is 258 g/mol. The number of benzene rings is 1. The monoisotopic (exact) mass is 281 g/mol. The van der Waals surface area contributed by atoms with E-state index < -0.39 is 12.0 Å². The first-order valence-corrected chi connectivity index (χ1v) is 6.77. The van der Waals surface area contributed by atoms with E-state index in [4.69, 9.17) is 19.9 Å². The summed E-state index contributed by atoms with van der Waals surface area (Å²) in [7, 11) is 1.65. The standard InChI is InChI=1S/C15H23NO4/c1-18-8-5-9-19-10-11-20-15(17)14(16)12-13-6-3-2-4-7-13/h2-4,6-7,14H,5,8-12,16H2,1H3/t14-/m0/s1. The molecule has 5 heteroatoms. The van der Waals surface area contributed by atoms with Gasteiger partial charge in [-0.3, -0.25) is 4.79 Å². The highest BCUT2D eigenvalue weighted by Crippen LogP contribution is 2.02. The number of ether oxygens (including phenoxy) is 3. The summed E-state index contributed by atoms with van der Waals surface area (Å²) in [5, 5.41) is 0. The van der Waals surface area contributed by atoms with Crippen molar-refractivity contribution in [3.63, 3.8) is 0 Å². The Kier molecular flexibility index (Phi) is 8.62. The summed E-state index contributed by atoms with van der Waals surface area (Å²) in [5.41, 5.74) is 6.82. The first-order valence-electron chi connectivity index (χ1n) is 6.77. The van der Waals surface area contributed by atoms with Gasteiger partial charge < -0.3 is 19.9 Å². The molecule has 0 heterocycles. The first kappa shape index (κ1) is 16.6. The summed E-state index contributed by atoms with van der Waals surface area (Å²) in [4.78, 5) is 11.7. The number of rotatable bonds is 10. The van der Waals surface area contributed by atoms with Gasteiger partial charge in [-0.1, -0.05) is 30.3 Å². The van der Waals surface area contributed by atoms with E-state index in [0.717, 1.165) is 12.0 Å². The predicted octanol–water partition coefficient (Wildman–Crippen LogP) is 1.15. The number of esters is 1. The van der Waals surface area contributed by atoms with Crippen LogP contribution < -0.4 is 5.73 Å². The predicted molar refractivity (Wildman–Crippen MR) is 76.4 cm³/mol. The molecule has 1 aromatic carbocycles. The molecule has 0 unspecified atom stereocenters. The largest absolute Gasteiger partial charge is 0.462 e. The van der Waals surface area contributed by atoms with Gasteiger partial charge in [0.25, 0.3) is 0 Å². The van der Waals surface area contributed by atoms with E-state index in [-0.39, 0.29) is 6.61 Å². The number of hydrogen-bond donors (Lipinski definition) is 1. The van der Waals surface area contributed by atoms with Crippen molar-refractivity contribution in [3.05, 3.63) is 35.9 Å². The van der Waals surface area contributed by atoms with Crippen molar-refractivity contribution in [2.75, 3.05) is 33.5 Å². The van der Waals surface area contributed by atoms with Crippen molar-refractivity contribution in [2.24, 2.45) is 5.73 Å². The van der Waals surface area contributed by atoms with Gasteiger partial charge >= 0.3 is 5.97 Å². The van der Waals surface area contributed by atoms with E-state index in [2.05, 4.69) is 0 Å². The summed E-state index contributed by atoms with van der Waals surface area (Å²) >= 11 is 0. The first-order chi connectivity index (χ1) is 9.74. The average Bonchev–Trinajstić information content (AvgIpc) is 2.47. The minimum atomic E-state index is -0.633. The Bertz CT molecular complexity index is 369. The van der Waals surface area contributed by atoms with Crippen LogP contribution in [0.5, 0.6) is 0 Å². The fourth-order valence-electron chi connectivity index (χ4n) is 1.67. The Balaban J connectivity index is 2.10. The minimum Gasteiger partial charge on any atom is -0.462 e. The molecule has 0 bridgehead atoms. The van der Waals surface area contributed by atoms with Gasteiger partial charge in [0.05, 0.1) is 6.61 Å². The van der Waals surface area contributed by atoms with Crippen LogP contribution in [0.4, 0.5) is 0 Å². The molecule has 0 aliphatic heterocycles. The highest BCUT2D eigenvalue weighted by Gasteiger charge is 2.15. The zero-order valence-corrected chi connectivity index (χ0v) is 11.9. The van der Waals surface area contributed by atoms with Gasteiger partial charge in [0.15, 0.2) is 0 Å². The molecule has 0 saturated carbocycles. The van der Waals surface area contributed by atoms with E-state index in [0.29, 0.717) is 26.2 Å². The molecule has 1 aromatic rings. The maximum atomic E-state index is 11.7. The van der Waals surface area contributed by atoms with Crippen molar-refractivity contribution < 1.29 is 19.0 Å². The van der Waals surface area contributed by atoms with Crippen LogP contribution in [0.15, 0.2) is 30.3 Å². The highest BCUT2D eigenvalue weighted by atomic mass is 16.6. The molecule has 20 heavy (non-hydrogen) atoms. The fourth-order valence-corrected chi connectivity index (χ4v) is 1.67. The van der Waals surface area contributed by atoms with Gasteiger partial charge in [-0.25, -0.2) is 0 Å². The van der Waals surface area contributed by atoms with E-state index in [9.17, 15) is 4.79 Å². The van der Waals surface area contributed by atoms with Crippen LogP contribution in [0, 0.1) is 0 Å². The summed E-state index contributed by atoms with van der Waals surface area (Å²) in [5.74, 6) is -0.394. The second-order valence-corrected chi connectivity index (χ2v) is 4.42. The Morgan fingerprint density at radius 1 is 1.15 bits per heavy atom. The summed E-state index contributed by atoms with van der Waals surface area (Å²) in [6, 6.07) is 9.00. The Morgan fingerprint density at radius 3 is 2.60 bits per heavy atom. The van der Waals surface area contributed by atoms with E-state index in [1.165, 1.54) is 0 Å². The van der Waals surface area contributed by atoms with Gasteiger partial charge in [-0.05, 0) is 18.4 Å². The van der Waals surface area contributed by atoms with Gasteiger partial charge in [-0.15, -0.1) is 0 Å². The molecule has 112 valence electrons. The molecular formula is C15H23NO4. The highest BCUT2D eigenvalue weighted by molar-refractivity contribution is 5.75. The van der Waals surface area contributed by atoms with Gasteiger partial charge in [0.2, 0.25) is 0 Å². The van der Waals surface area contributed by atoms with Crippen LogP contribution in [-0.2, 0) is 25.4 Å². The third-order valence-electron chi connectivity index (χ3n) is 2.71. The molecule has 2 N–H and O–H groups in total. The summed E-state index contributed by atoms with van der Waals surface area (Å²) in [6.07, 6.45) is 1.31. The second-order valence-electron chi connectivity index (χ2n) is 4.42. The molecule has 5 nitrogen and oxygen atoms in total. The van der Waals surface area contributed by atoms with Crippen LogP contribution in [0.1, 0.15) is 12.0 Å². The zero-order valence-electron chi connectivity index (χ0n) is 11.9. The van der Waals surface area contributed by atoms with Crippen molar-refractivity contribution in [1.29, 1.82) is 0 Å². The lowest BCUT2D eigenvalue weighted by Gasteiger charge is -2.11. The van der Waals surface area contributed by atoms with Crippen LogP contribution >= 0.6 is 0 Å². The molecule has 0 spiro atoms. The Morgan fingerprint density at radius 2 is 1.90 bits per heavy atom. The number of nitrogens with two attached hydrogens (primary N) is 1. The lowest BCUT2D eigenvalue weighted by molar-refractivity contribution is -0.146. The molecule has 1 rings (SSSR count). The van der Waals surface area contributed by atoms with Crippen molar-refractivity contribution in [3.8, 4) is 0 Å². The van der Waals surface area contributed by atoms with Crippen molar-refractivity contribution in [2.45, 2.75) is 18.9 Å². The molecule has 0 aromatic heterocycles. The molecule has 0 radical (unpaired) electrons. The van der Waals surface area contributed by atoms with Crippen LogP contribution in [0.2, 0.25) is 0 Å². The number of carbonyl (C=O) groups excluding carboxylic acids is 1. The molecule has 0 fully saturated rings. The molecule has 0 amide bonds. The van der Waals surface area contributed by atoms with Crippen molar-refractivity contribution in [1.82, 2.24) is 0 Å². The number of carbonyl (C=O) groups is 1. The van der Waals surface area contributed by atoms with E-state index in [1.54, 1.807) is 7.11 Å². The summed E-state index contributed by atoms with van der Waals surface area (Å²) < 4.78 is 15.2. The van der Waals surface area contributed by atoms with E-state index in [1.807, 2.05) is 30.3 Å². The van der Waals surface area contributed by atoms with Gasteiger partial charge in [0.1, 0.15) is 12.6 Å². The van der Waals surface area contributed by atoms with Gasteiger partial charge in [0, 0.05) is 20.3 Å². The average molecular weight is 281 g/mol. The van der Waals surface area contributed by atoms with Crippen LogP contribution in [-0.4, -0.2) is 45.5 Å². The lowest BCUT2D eigenvalue weighted by Crippen LogP contribution is -2.35. The summed E-state index contributed by atoms with van der Waals surface area (Å²) in [6.45, 7) is 1.88. The topological polar surface area (TPSA) is 70.8 Å². The Labute approximate surface area is 120 Å². The second kappa shape index (κ2) is 10.4. The quantitative estimate of drug-likeness (QED) is 0.514. The van der Waals surface area contributed by atoms with Gasteiger partial charge in [-0.2, -0.15) is 0 Å². The zero-order chi connectivity index (χ0) is 14.6. The molecule has 0 saturated heterocycles. The SMILES string of the molecule is COCCCOCCOC(=O)[C@@H](N)Cc1ccccc1. The maximum Gasteiger partial charge on any atom is 0.323 e.